The number of carbonyl (C=O) groups excluding carboxylic acids is 3. The molecular formula is C50H82O6. The molecular weight excluding hydrogens is 697 g/mol. The third-order valence-corrected chi connectivity index (χ3v) is 9.17. The third kappa shape index (κ3) is 41.7. The lowest BCUT2D eigenvalue weighted by molar-refractivity contribution is -0.166. The van der Waals surface area contributed by atoms with Gasteiger partial charge in [-0.3, -0.25) is 14.4 Å². The zero-order valence-corrected chi connectivity index (χ0v) is 36.1. The van der Waals surface area contributed by atoms with Crippen LogP contribution < -0.4 is 0 Å². The van der Waals surface area contributed by atoms with E-state index in [4.69, 9.17) is 14.2 Å². The van der Waals surface area contributed by atoms with Crippen molar-refractivity contribution in [3.05, 3.63) is 85.1 Å². The highest BCUT2D eigenvalue weighted by Crippen LogP contribution is 2.13. The van der Waals surface area contributed by atoms with Crippen molar-refractivity contribution in [2.45, 2.75) is 200 Å². The third-order valence-electron chi connectivity index (χ3n) is 9.17. The Morgan fingerprint density at radius 2 is 0.786 bits per heavy atom. The fraction of sp³-hybridized carbons (Fsp3) is 0.660. The van der Waals surface area contributed by atoms with Gasteiger partial charge in [-0.1, -0.05) is 189 Å². The van der Waals surface area contributed by atoms with E-state index >= 15 is 0 Å². The number of unbranched alkanes of at least 4 members (excludes halogenated alkanes) is 15. The number of ether oxygens (including phenoxy) is 3. The van der Waals surface area contributed by atoms with Gasteiger partial charge in [0, 0.05) is 12.8 Å². The van der Waals surface area contributed by atoms with Gasteiger partial charge in [-0.2, -0.15) is 0 Å². The van der Waals surface area contributed by atoms with Gasteiger partial charge in [0.05, 0.1) is 6.42 Å². The predicted octanol–water partition coefficient (Wildman–Crippen LogP) is 14.5. The van der Waals surface area contributed by atoms with E-state index in [0.29, 0.717) is 12.8 Å². The maximum Gasteiger partial charge on any atom is 0.309 e. The van der Waals surface area contributed by atoms with Crippen LogP contribution in [0.2, 0.25) is 0 Å². The molecule has 1 unspecified atom stereocenters. The summed E-state index contributed by atoms with van der Waals surface area (Å²) in [5.74, 6) is -1.07. The van der Waals surface area contributed by atoms with Crippen LogP contribution in [0.1, 0.15) is 194 Å². The Bertz CT molecular complexity index is 1120. The normalized spacial score (nSPS) is 12.8. The first-order valence-corrected chi connectivity index (χ1v) is 22.6. The van der Waals surface area contributed by atoms with Gasteiger partial charge in [-0.15, -0.1) is 0 Å². The summed E-state index contributed by atoms with van der Waals surface area (Å²) in [4.78, 5) is 37.6. The number of carbonyl (C=O) groups is 3. The van der Waals surface area contributed by atoms with Crippen LogP contribution in [0.5, 0.6) is 0 Å². The summed E-state index contributed by atoms with van der Waals surface area (Å²) in [5, 5.41) is 0. The first-order valence-electron chi connectivity index (χ1n) is 22.6. The molecule has 0 aliphatic rings. The van der Waals surface area contributed by atoms with Crippen molar-refractivity contribution in [3.8, 4) is 0 Å². The zero-order valence-electron chi connectivity index (χ0n) is 36.1. The number of hydrogen-bond donors (Lipinski definition) is 0. The van der Waals surface area contributed by atoms with Gasteiger partial charge in [-0.05, 0) is 70.6 Å². The predicted molar refractivity (Wildman–Crippen MR) is 237 cm³/mol. The molecule has 1 atom stereocenters. The molecule has 0 aliphatic carbocycles. The topological polar surface area (TPSA) is 78.9 Å². The van der Waals surface area contributed by atoms with Crippen LogP contribution in [0, 0.1) is 0 Å². The van der Waals surface area contributed by atoms with E-state index < -0.39 is 12.1 Å². The van der Waals surface area contributed by atoms with E-state index in [1.807, 2.05) is 6.08 Å². The zero-order chi connectivity index (χ0) is 40.8. The first kappa shape index (κ1) is 52.6. The SMILES string of the molecule is CC/C=C\C/C=C\C/C=C\C/C=C\C/C=C\CC(=O)OCC(COC(=O)CCCCCCCCCCC)OC(=O)CCCCCCC/C=C\C/C=C\CCCC. The van der Waals surface area contributed by atoms with Crippen LogP contribution >= 0.6 is 0 Å². The minimum Gasteiger partial charge on any atom is -0.462 e. The summed E-state index contributed by atoms with van der Waals surface area (Å²) in [6, 6.07) is 0. The number of rotatable bonds is 39. The van der Waals surface area contributed by atoms with Gasteiger partial charge in [0.15, 0.2) is 6.10 Å². The second-order valence-corrected chi connectivity index (χ2v) is 14.6. The molecule has 0 aromatic heterocycles. The average molecular weight is 779 g/mol. The lowest BCUT2D eigenvalue weighted by Crippen LogP contribution is -2.30. The number of esters is 3. The highest BCUT2D eigenvalue weighted by atomic mass is 16.6. The second kappa shape index (κ2) is 44.3. The minimum absolute atomic E-state index is 0.112. The van der Waals surface area contributed by atoms with E-state index in [-0.39, 0.29) is 31.6 Å². The van der Waals surface area contributed by atoms with Gasteiger partial charge in [0.1, 0.15) is 13.2 Å². The first-order chi connectivity index (χ1) is 27.5. The summed E-state index contributed by atoms with van der Waals surface area (Å²) in [5.41, 5.74) is 0. The second-order valence-electron chi connectivity index (χ2n) is 14.6. The van der Waals surface area contributed by atoms with Crippen LogP contribution in [-0.2, 0) is 28.6 Å². The summed E-state index contributed by atoms with van der Waals surface area (Å²) in [6.45, 7) is 6.33. The number of allylic oxidation sites excluding steroid dienone is 13. The summed E-state index contributed by atoms with van der Waals surface area (Å²) >= 11 is 0. The molecule has 56 heavy (non-hydrogen) atoms. The van der Waals surface area contributed by atoms with Gasteiger partial charge in [0.25, 0.3) is 0 Å². The largest absolute Gasteiger partial charge is 0.462 e. The van der Waals surface area contributed by atoms with Crippen molar-refractivity contribution in [1.29, 1.82) is 0 Å². The molecule has 0 bridgehead atoms. The van der Waals surface area contributed by atoms with Crippen molar-refractivity contribution in [1.82, 2.24) is 0 Å². The summed E-state index contributed by atoms with van der Waals surface area (Å²) in [6.07, 6.45) is 55.9. The molecule has 0 spiro atoms. The minimum atomic E-state index is -0.819. The van der Waals surface area contributed by atoms with E-state index in [0.717, 1.165) is 96.3 Å². The van der Waals surface area contributed by atoms with E-state index in [1.165, 1.54) is 57.8 Å². The lowest BCUT2D eigenvalue weighted by Gasteiger charge is -2.18. The molecule has 0 saturated carbocycles. The molecule has 0 aliphatic heterocycles. The maximum atomic E-state index is 12.7. The van der Waals surface area contributed by atoms with Crippen molar-refractivity contribution >= 4 is 17.9 Å². The molecule has 0 rings (SSSR count). The Kier molecular flexibility index (Phi) is 41.6. The molecule has 0 aromatic rings. The fourth-order valence-corrected chi connectivity index (χ4v) is 5.76. The highest BCUT2D eigenvalue weighted by Gasteiger charge is 2.19. The average Bonchev–Trinajstić information content (AvgIpc) is 3.19. The Morgan fingerprint density at radius 3 is 1.30 bits per heavy atom. The summed E-state index contributed by atoms with van der Waals surface area (Å²) in [7, 11) is 0. The monoisotopic (exact) mass is 779 g/mol. The summed E-state index contributed by atoms with van der Waals surface area (Å²) < 4.78 is 16.6. The van der Waals surface area contributed by atoms with Crippen LogP contribution in [0.15, 0.2) is 85.1 Å². The van der Waals surface area contributed by atoms with Crippen LogP contribution in [0.4, 0.5) is 0 Å². The van der Waals surface area contributed by atoms with Gasteiger partial charge >= 0.3 is 17.9 Å². The lowest BCUT2D eigenvalue weighted by atomic mass is 10.1. The van der Waals surface area contributed by atoms with Gasteiger partial charge in [0.2, 0.25) is 0 Å². The van der Waals surface area contributed by atoms with Crippen LogP contribution in [0.3, 0.4) is 0 Å². The standard InChI is InChI=1S/C50H82O6/c1-4-7-10-13-16-19-21-23-25-27-28-31-34-37-40-43-49(52)55-46-47(45-54-48(51)42-39-36-33-30-18-15-12-9-6-3)56-50(53)44-41-38-35-32-29-26-24-22-20-17-14-11-8-5-2/h7,10,14,16-17,19,22-25,28,31,37,40,47H,4-6,8-9,11-13,15,18,20-21,26-27,29-30,32-36,38-39,41-46H2,1-3H3/b10-7-,17-14-,19-16-,24-22-,25-23-,31-28-,40-37-. The quantitative estimate of drug-likeness (QED) is 0.0268. The molecule has 6 nitrogen and oxygen atoms in total. The molecule has 0 fully saturated rings. The van der Waals surface area contributed by atoms with E-state index in [9.17, 15) is 14.4 Å². The van der Waals surface area contributed by atoms with Crippen molar-refractivity contribution in [2.24, 2.45) is 0 Å². The Balaban J connectivity index is 4.53. The Hall–Kier alpha value is -3.41. The fourth-order valence-electron chi connectivity index (χ4n) is 5.76. The molecule has 6 heteroatoms. The number of hydrogen-bond acceptors (Lipinski definition) is 6. The molecule has 318 valence electrons. The van der Waals surface area contributed by atoms with E-state index in [1.54, 1.807) is 6.08 Å². The maximum absolute atomic E-state index is 12.7. The van der Waals surface area contributed by atoms with Crippen molar-refractivity contribution < 1.29 is 28.6 Å². The molecule has 0 amide bonds. The van der Waals surface area contributed by atoms with Crippen molar-refractivity contribution in [2.75, 3.05) is 13.2 Å². The molecule has 0 radical (unpaired) electrons. The molecule has 0 aromatic carbocycles. The van der Waals surface area contributed by atoms with Crippen LogP contribution in [-0.4, -0.2) is 37.2 Å². The van der Waals surface area contributed by atoms with Crippen molar-refractivity contribution in [3.63, 3.8) is 0 Å². The smallest absolute Gasteiger partial charge is 0.309 e. The van der Waals surface area contributed by atoms with E-state index in [2.05, 4.69) is 93.7 Å². The molecule has 0 heterocycles. The Labute approximate surface area is 344 Å². The highest BCUT2D eigenvalue weighted by molar-refractivity contribution is 5.72. The van der Waals surface area contributed by atoms with Gasteiger partial charge < -0.3 is 14.2 Å². The van der Waals surface area contributed by atoms with Crippen LogP contribution in [0.25, 0.3) is 0 Å². The Morgan fingerprint density at radius 1 is 0.393 bits per heavy atom. The van der Waals surface area contributed by atoms with Gasteiger partial charge in [-0.25, -0.2) is 0 Å². The molecule has 0 saturated heterocycles. The molecule has 0 N–H and O–H groups in total.